The Morgan fingerprint density at radius 2 is 2.25 bits per heavy atom. The molecule has 5 heteroatoms. The number of pyridine rings is 1. The third kappa shape index (κ3) is 4.16. The van der Waals surface area contributed by atoms with Gasteiger partial charge in [0.25, 0.3) is 0 Å². The van der Waals surface area contributed by atoms with E-state index in [1.165, 1.54) is 0 Å². The monoisotopic (exact) mass is 223 g/mol. The first kappa shape index (κ1) is 12.3. The van der Waals surface area contributed by atoms with Crippen molar-refractivity contribution >= 4 is 11.9 Å². The Morgan fingerprint density at radius 1 is 1.56 bits per heavy atom. The lowest BCUT2D eigenvalue weighted by molar-refractivity contribution is 0.0523. The number of alkyl carbamates (subject to hydrolysis) is 1. The zero-order valence-corrected chi connectivity index (χ0v) is 9.78. The van der Waals surface area contributed by atoms with Crippen LogP contribution in [-0.2, 0) is 11.3 Å². The number of aromatic nitrogens is 1. The van der Waals surface area contributed by atoms with Gasteiger partial charge in [0.1, 0.15) is 11.4 Å². The lowest BCUT2D eigenvalue weighted by atomic mass is 10.2. The Bertz CT molecular complexity index is 372. The van der Waals surface area contributed by atoms with E-state index in [4.69, 9.17) is 10.5 Å². The maximum atomic E-state index is 11.3. The molecule has 1 rings (SSSR count). The molecule has 0 spiro atoms. The molecular weight excluding hydrogens is 206 g/mol. The summed E-state index contributed by atoms with van der Waals surface area (Å²) < 4.78 is 5.09. The molecule has 16 heavy (non-hydrogen) atoms. The highest BCUT2D eigenvalue weighted by Crippen LogP contribution is 2.08. The van der Waals surface area contributed by atoms with E-state index in [2.05, 4.69) is 10.3 Å². The number of anilines is 1. The minimum Gasteiger partial charge on any atom is -0.444 e. The largest absolute Gasteiger partial charge is 0.444 e. The molecule has 1 aromatic heterocycles. The number of nitrogens with two attached hydrogens (primary N) is 1. The molecule has 0 radical (unpaired) electrons. The maximum Gasteiger partial charge on any atom is 0.407 e. The van der Waals surface area contributed by atoms with Gasteiger partial charge in [0.05, 0.1) is 0 Å². The Morgan fingerprint density at radius 3 is 2.81 bits per heavy atom. The number of amides is 1. The van der Waals surface area contributed by atoms with Crippen LogP contribution in [0.1, 0.15) is 26.3 Å². The van der Waals surface area contributed by atoms with Crippen molar-refractivity contribution in [3.8, 4) is 0 Å². The highest BCUT2D eigenvalue weighted by atomic mass is 16.6. The van der Waals surface area contributed by atoms with Crippen LogP contribution in [0.3, 0.4) is 0 Å². The number of rotatable bonds is 2. The Balaban J connectivity index is 2.47. The summed E-state index contributed by atoms with van der Waals surface area (Å²) in [6, 6.07) is 3.57. The lowest BCUT2D eigenvalue weighted by Gasteiger charge is -2.19. The molecule has 0 atom stereocenters. The molecule has 0 fully saturated rings. The fourth-order valence-electron chi connectivity index (χ4n) is 1.08. The van der Waals surface area contributed by atoms with Gasteiger partial charge >= 0.3 is 6.09 Å². The van der Waals surface area contributed by atoms with Crippen molar-refractivity contribution in [3.63, 3.8) is 0 Å². The summed E-state index contributed by atoms with van der Waals surface area (Å²) in [4.78, 5) is 15.3. The van der Waals surface area contributed by atoms with E-state index in [1.807, 2.05) is 20.8 Å². The SMILES string of the molecule is CC(C)(C)OC(=O)NCc1cccnc1N. The summed E-state index contributed by atoms with van der Waals surface area (Å²) in [5.74, 6) is 0.415. The molecule has 1 heterocycles. The topological polar surface area (TPSA) is 77.2 Å². The molecule has 0 aliphatic carbocycles. The van der Waals surface area contributed by atoms with Crippen molar-refractivity contribution in [2.24, 2.45) is 0 Å². The predicted molar refractivity (Wildman–Crippen MR) is 61.7 cm³/mol. The molecule has 0 unspecified atom stereocenters. The molecule has 88 valence electrons. The summed E-state index contributed by atoms with van der Waals surface area (Å²) in [7, 11) is 0. The number of nitrogen functional groups attached to an aromatic ring is 1. The van der Waals surface area contributed by atoms with Gasteiger partial charge in [-0.15, -0.1) is 0 Å². The number of carbonyl (C=O) groups excluding carboxylic acids is 1. The average molecular weight is 223 g/mol. The molecule has 3 N–H and O–H groups in total. The molecule has 5 nitrogen and oxygen atoms in total. The third-order valence-electron chi connectivity index (χ3n) is 1.75. The summed E-state index contributed by atoms with van der Waals surface area (Å²) in [6.07, 6.45) is 1.14. The van der Waals surface area contributed by atoms with Gasteiger partial charge in [0.2, 0.25) is 0 Å². The number of hydrogen-bond donors (Lipinski definition) is 2. The van der Waals surface area contributed by atoms with Crippen molar-refractivity contribution in [2.75, 3.05) is 5.73 Å². The van der Waals surface area contributed by atoms with Crippen LogP contribution in [0.15, 0.2) is 18.3 Å². The van der Waals surface area contributed by atoms with Gasteiger partial charge in [-0.05, 0) is 26.8 Å². The van der Waals surface area contributed by atoms with E-state index in [1.54, 1.807) is 18.3 Å². The van der Waals surface area contributed by atoms with Crippen LogP contribution in [-0.4, -0.2) is 16.7 Å². The lowest BCUT2D eigenvalue weighted by Crippen LogP contribution is -2.32. The molecule has 1 amide bonds. The Kier molecular flexibility index (Phi) is 3.71. The fraction of sp³-hybridized carbons (Fsp3) is 0.455. The van der Waals surface area contributed by atoms with Crippen molar-refractivity contribution in [1.29, 1.82) is 0 Å². The van der Waals surface area contributed by atoms with Crippen LogP contribution in [0.5, 0.6) is 0 Å². The van der Waals surface area contributed by atoms with Crippen molar-refractivity contribution in [2.45, 2.75) is 32.9 Å². The first-order chi connectivity index (χ1) is 7.38. The van der Waals surface area contributed by atoms with Gasteiger partial charge in [0, 0.05) is 18.3 Å². The highest BCUT2D eigenvalue weighted by molar-refractivity contribution is 5.67. The van der Waals surface area contributed by atoms with Crippen LogP contribution in [0.25, 0.3) is 0 Å². The molecule has 0 saturated carbocycles. The number of hydrogen-bond acceptors (Lipinski definition) is 4. The highest BCUT2D eigenvalue weighted by Gasteiger charge is 2.15. The fourth-order valence-corrected chi connectivity index (χ4v) is 1.08. The first-order valence-electron chi connectivity index (χ1n) is 5.05. The number of nitrogens with zero attached hydrogens (tertiary/aromatic N) is 1. The number of carbonyl (C=O) groups is 1. The van der Waals surface area contributed by atoms with E-state index >= 15 is 0 Å². The molecule has 0 aliphatic heterocycles. The van der Waals surface area contributed by atoms with Gasteiger partial charge < -0.3 is 15.8 Å². The van der Waals surface area contributed by atoms with E-state index in [9.17, 15) is 4.79 Å². The van der Waals surface area contributed by atoms with Gasteiger partial charge in [-0.3, -0.25) is 0 Å². The smallest absolute Gasteiger partial charge is 0.407 e. The van der Waals surface area contributed by atoms with Crippen LogP contribution < -0.4 is 11.1 Å². The minimum atomic E-state index is -0.495. The summed E-state index contributed by atoms with van der Waals surface area (Å²) in [6.45, 7) is 5.75. The maximum absolute atomic E-state index is 11.3. The van der Waals surface area contributed by atoms with Gasteiger partial charge in [-0.1, -0.05) is 6.07 Å². The van der Waals surface area contributed by atoms with Crippen LogP contribution in [0, 0.1) is 0 Å². The van der Waals surface area contributed by atoms with Gasteiger partial charge in [-0.2, -0.15) is 0 Å². The molecule has 0 saturated heterocycles. The summed E-state index contributed by atoms with van der Waals surface area (Å²) in [5, 5.41) is 2.62. The second-order valence-electron chi connectivity index (χ2n) is 4.40. The summed E-state index contributed by atoms with van der Waals surface area (Å²) >= 11 is 0. The number of ether oxygens (including phenoxy) is 1. The van der Waals surface area contributed by atoms with E-state index in [0.717, 1.165) is 5.56 Å². The quantitative estimate of drug-likeness (QED) is 0.799. The van der Waals surface area contributed by atoms with Crippen molar-refractivity contribution < 1.29 is 9.53 Å². The number of nitrogens with one attached hydrogen (secondary N) is 1. The summed E-state index contributed by atoms with van der Waals surface area (Å²) in [5.41, 5.74) is 5.91. The molecule has 1 aromatic rings. The predicted octanol–water partition coefficient (Wildman–Crippen LogP) is 1.69. The molecule has 0 aliphatic rings. The van der Waals surface area contributed by atoms with Crippen molar-refractivity contribution in [1.82, 2.24) is 10.3 Å². The zero-order chi connectivity index (χ0) is 12.2. The van der Waals surface area contributed by atoms with E-state index < -0.39 is 11.7 Å². The second-order valence-corrected chi connectivity index (χ2v) is 4.40. The Hall–Kier alpha value is -1.78. The first-order valence-corrected chi connectivity index (χ1v) is 5.05. The van der Waals surface area contributed by atoms with E-state index in [-0.39, 0.29) is 0 Å². The third-order valence-corrected chi connectivity index (χ3v) is 1.75. The van der Waals surface area contributed by atoms with Crippen LogP contribution in [0.4, 0.5) is 10.6 Å². The molecule has 0 aromatic carbocycles. The van der Waals surface area contributed by atoms with Crippen molar-refractivity contribution in [3.05, 3.63) is 23.9 Å². The second kappa shape index (κ2) is 4.83. The van der Waals surface area contributed by atoms with Crippen LogP contribution >= 0.6 is 0 Å². The van der Waals surface area contributed by atoms with Gasteiger partial charge in [-0.25, -0.2) is 9.78 Å². The normalized spacial score (nSPS) is 10.9. The molecular formula is C11H17N3O2. The van der Waals surface area contributed by atoms with Crippen LogP contribution in [0.2, 0.25) is 0 Å². The van der Waals surface area contributed by atoms with Gasteiger partial charge in [0.15, 0.2) is 0 Å². The average Bonchev–Trinajstić information content (AvgIpc) is 2.14. The zero-order valence-electron chi connectivity index (χ0n) is 9.78. The standard InChI is InChI=1S/C11H17N3O2/c1-11(2,3)16-10(15)14-7-8-5-4-6-13-9(8)12/h4-6H,7H2,1-3H3,(H2,12,13)(H,14,15). The minimum absolute atomic E-state index is 0.314. The van der Waals surface area contributed by atoms with E-state index in [0.29, 0.717) is 12.4 Å². The molecule has 0 bridgehead atoms. The Labute approximate surface area is 95.0 Å².